The summed E-state index contributed by atoms with van der Waals surface area (Å²) in [6.07, 6.45) is 2.74. The highest BCUT2D eigenvalue weighted by Crippen LogP contribution is 2.34. The highest BCUT2D eigenvalue weighted by molar-refractivity contribution is 6.09. The number of benzene rings is 1. The van der Waals surface area contributed by atoms with Gasteiger partial charge in [-0.05, 0) is 30.0 Å². The number of aromatic nitrogens is 2. The lowest BCUT2D eigenvalue weighted by Crippen LogP contribution is -2.41. The third-order valence-corrected chi connectivity index (χ3v) is 4.76. The van der Waals surface area contributed by atoms with E-state index in [0.717, 1.165) is 21.9 Å². The van der Waals surface area contributed by atoms with Gasteiger partial charge in [-0.2, -0.15) is 0 Å². The smallest absolute Gasteiger partial charge is 0.249 e. The maximum Gasteiger partial charge on any atom is 0.249 e. The van der Waals surface area contributed by atoms with E-state index in [-0.39, 0.29) is 11.8 Å². The topological polar surface area (TPSA) is 64.0 Å². The first-order chi connectivity index (χ1) is 11.6. The van der Waals surface area contributed by atoms with Crippen molar-refractivity contribution in [3.8, 4) is 0 Å². The van der Waals surface area contributed by atoms with Gasteiger partial charge < -0.3 is 4.57 Å². The summed E-state index contributed by atoms with van der Waals surface area (Å²) in [4.78, 5) is 28.5. The Bertz CT molecular complexity index is 971. The van der Waals surface area contributed by atoms with Crippen LogP contribution in [0.2, 0.25) is 0 Å². The van der Waals surface area contributed by atoms with Crippen molar-refractivity contribution in [2.75, 3.05) is 0 Å². The van der Waals surface area contributed by atoms with Crippen molar-refractivity contribution in [3.63, 3.8) is 0 Å². The molecule has 1 atom stereocenters. The number of pyridine rings is 1. The molecule has 4 rings (SSSR count). The number of carbonyl (C=O) groups is 2. The lowest BCUT2D eigenvalue weighted by atomic mass is 10.0. The Hall–Kier alpha value is -2.69. The van der Waals surface area contributed by atoms with Crippen LogP contribution in [0.3, 0.4) is 0 Å². The van der Waals surface area contributed by atoms with Crippen molar-refractivity contribution in [3.05, 3.63) is 42.1 Å². The number of para-hydroxylation sites is 1. The molecular formula is C19H19N3O2. The van der Waals surface area contributed by atoms with Crippen LogP contribution in [0.1, 0.15) is 44.2 Å². The fourth-order valence-electron chi connectivity index (χ4n) is 3.45. The summed E-state index contributed by atoms with van der Waals surface area (Å²) >= 11 is 0. The second-order valence-electron chi connectivity index (χ2n) is 6.65. The van der Waals surface area contributed by atoms with Gasteiger partial charge in [-0.3, -0.25) is 14.9 Å². The number of carbonyl (C=O) groups excluding carboxylic acids is 2. The number of nitrogens with zero attached hydrogens (tertiary/aromatic N) is 2. The van der Waals surface area contributed by atoms with Crippen LogP contribution in [-0.4, -0.2) is 21.4 Å². The molecule has 3 heterocycles. The fraction of sp³-hybridized carbons (Fsp3) is 0.316. The van der Waals surface area contributed by atoms with Crippen LogP contribution >= 0.6 is 0 Å². The van der Waals surface area contributed by atoms with Crippen LogP contribution in [0.4, 0.5) is 0 Å². The number of imide groups is 1. The number of piperidine rings is 1. The maximum atomic E-state index is 12.4. The summed E-state index contributed by atoms with van der Waals surface area (Å²) in [5.74, 6) is -0.0599. The number of nitrogens with one attached hydrogen (secondary N) is 1. The lowest BCUT2D eigenvalue weighted by molar-refractivity contribution is -0.135. The zero-order valence-electron chi connectivity index (χ0n) is 13.7. The van der Waals surface area contributed by atoms with Crippen molar-refractivity contribution in [1.82, 2.24) is 14.9 Å². The minimum absolute atomic E-state index is 0.202. The molecule has 2 aromatic heterocycles. The van der Waals surface area contributed by atoms with E-state index in [1.807, 2.05) is 29.0 Å². The highest BCUT2D eigenvalue weighted by atomic mass is 16.2. The van der Waals surface area contributed by atoms with Crippen LogP contribution in [0.15, 0.2) is 36.5 Å². The summed E-state index contributed by atoms with van der Waals surface area (Å²) in [6, 6.07) is 9.80. The second-order valence-corrected chi connectivity index (χ2v) is 6.65. The standard InChI is InChI=1S/C19H19N3O2/c1-11(2)12-9-14-13-5-3-4-6-15(13)22(18(14)20-10-12)16-7-8-17(23)21-19(16)24/h3-6,9-11,16H,7-8H2,1-2H3,(H,21,23,24). The zero-order valence-corrected chi connectivity index (χ0v) is 13.7. The van der Waals surface area contributed by atoms with Crippen LogP contribution in [-0.2, 0) is 9.59 Å². The van der Waals surface area contributed by atoms with E-state index >= 15 is 0 Å². The maximum absolute atomic E-state index is 12.4. The number of hydrogen-bond donors (Lipinski definition) is 1. The summed E-state index contributed by atoms with van der Waals surface area (Å²) in [7, 11) is 0. The second kappa shape index (κ2) is 5.44. The van der Waals surface area contributed by atoms with Gasteiger partial charge in [-0.25, -0.2) is 4.98 Å². The molecule has 122 valence electrons. The van der Waals surface area contributed by atoms with E-state index in [9.17, 15) is 9.59 Å². The molecule has 1 saturated heterocycles. The monoisotopic (exact) mass is 321 g/mol. The van der Waals surface area contributed by atoms with Crippen molar-refractivity contribution in [2.45, 2.75) is 38.6 Å². The predicted octanol–water partition coefficient (Wildman–Crippen LogP) is 3.29. The average Bonchev–Trinajstić information content (AvgIpc) is 2.89. The molecule has 1 aliphatic heterocycles. The van der Waals surface area contributed by atoms with E-state index in [0.29, 0.717) is 18.8 Å². The van der Waals surface area contributed by atoms with Gasteiger partial charge in [-0.15, -0.1) is 0 Å². The third kappa shape index (κ3) is 2.19. The molecule has 0 saturated carbocycles. The van der Waals surface area contributed by atoms with Crippen LogP contribution in [0, 0.1) is 0 Å². The van der Waals surface area contributed by atoms with Crippen molar-refractivity contribution in [2.24, 2.45) is 0 Å². The zero-order chi connectivity index (χ0) is 16.8. The summed E-state index contributed by atoms with van der Waals surface area (Å²) in [5.41, 5.74) is 2.96. The largest absolute Gasteiger partial charge is 0.313 e. The van der Waals surface area contributed by atoms with Crippen LogP contribution < -0.4 is 5.32 Å². The molecule has 0 spiro atoms. The quantitative estimate of drug-likeness (QED) is 0.737. The first kappa shape index (κ1) is 14.9. The van der Waals surface area contributed by atoms with Gasteiger partial charge in [-0.1, -0.05) is 32.0 Å². The molecule has 1 fully saturated rings. The van der Waals surface area contributed by atoms with Gasteiger partial charge in [0.2, 0.25) is 11.8 Å². The molecule has 0 aliphatic carbocycles. The Morgan fingerprint density at radius 2 is 2.00 bits per heavy atom. The van der Waals surface area contributed by atoms with Gasteiger partial charge in [0.1, 0.15) is 11.7 Å². The van der Waals surface area contributed by atoms with Crippen molar-refractivity contribution >= 4 is 33.8 Å². The van der Waals surface area contributed by atoms with Crippen LogP contribution in [0.25, 0.3) is 21.9 Å². The molecule has 1 aromatic carbocycles. The normalized spacial score (nSPS) is 18.5. The molecule has 5 nitrogen and oxygen atoms in total. The minimum Gasteiger partial charge on any atom is -0.313 e. The summed E-state index contributed by atoms with van der Waals surface area (Å²) < 4.78 is 1.98. The average molecular weight is 321 g/mol. The van der Waals surface area contributed by atoms with E-state index in [2.05, 4.69) is 36.3 Å². The third-order valence-electron chi connectivity index (χ3n) is 4.76. The van der Waals surface area contributed by atoms with E-state index in [1.54, 1.807) is 0 Å². The van der Waals surface area contributed by atoms with Gasteiger partial charge in [0.25, 0.3) is 0 Å². The highest BCUT2D eigenvalue weighted by Gasteiger charge is 2.30. The van der Waals surface area contributed by atoms with Crippen molar-refractivity contribution in [1.29, 1.82) is 0 Å². The molecular weight excluding hydrogens is 302 g/mol. The van der Waals surface area contributed by atoms with Crippen molar-refractivity contribution < 1.29 is 9.59 Å². The van der Waals surface area contributed by atoms with Gasteiger partial charge in [0.05, 0.1) is 5.52 Å². The summed E-state index contributed by atoms with van der Waals surface area (Å²) in [6.45, 7) is 4.28. The van der Waals surface area contributed by atoms with Crippen LogP contribution in [0.5, 0.6) is 0 Å². The molecule has 2 amide bonds. The molecule has 0 bridgehead atoms. The van der Waals surface area contributed by atoms with Gasteiger partial charge in [0, 0.05) is 23.4 Å². The Labute approximate surface area is 139 Å². The molecule has 5 heteroatoms. The number of amides is 2. The fourth-order valence-corrected chi connectivity index (χ4v) is 3.45. The lowest BCUT2D eigenvalue weighted by Gasteiger charge is -2.23. The Morgan fingerprint density at radius 3 is 2.75 bits per heavy atom. The number of fused-ring (bicyclic) bond motifs is 3. The SMILES string of the molecule is CC(C)c1cnc2c(c1)c1ccccc1n2C1CCC(=O)NC1=O. The Kier molecular flexibility index (Phi) is 3.37. The first-order valence-corrected chi connectivity index (χ1v) is 8.28. The molecule has 3 aromatic rings. The van der Waals surface area contributed by atoms with Gasteiger partial charge in [0.15, 0.2) is 0 Å². The molecule has 0 radical (unpaired) electrons. The van der Waals surface area contributed by atoms with Gasteiger partial charge >= 0.3 is 0 Å². The number of hydrogen-bond acceptors (Lipinski definition) is 3. The molecule has 1 N–H and O–H groups in total. The molecule has 1 aliphatic rings. The predicted molar refractivity (Wildman–Crippen MR) is 92.7 cm³/mol. The van der Waals surface area contributed by atoms with E-state index in [1.165, 1.54) is 5.56 Å². The van der Waals surface area contributed by atoms with E-state index < -0.39 is 6.04 Å². The van der Waals surface area contributed by atoms with E-state index in [4.69, 9.17) is 0 Å². The Morgan fingerprint density at radius 1 is 1.21 bits per heavy atom. The number of rotatable bonds is 2. The first-order valence-electron chi connectivity index (χ1n) is 8.28. The molecule has 24 heavy (non-hydrogen) atoms. The Balaban J connectivity index is 1.99. The minimum atomic E-state index is -0.400. The summed E-state index contributed by atoms with van der Waals surface area (Å²) in [5, 5.41) is 4.60. The molecule has 1 unspecified atom stereocenters.